The number of hydrogen-bond acceptors (Lipinski definition) is 3. The largest absolute Gasteiger partial charge is 0.438 e. The van der Waals surface area contributed by atoms with Crippen molar-refractivity contribution in [1.29, 1.82) is 0 Å². The second kappa shape index (κ2) is 7.45. The normalized spacial score (nSPS) is 10.4. The van der Waals surface area contributed by atoms with Crippen LogP contribution in [0.4, 0.5) is 10.1 Å². The van der Waals surface area contributed by atoms with Crippen LogP contribution in [0, 0.1) is 5.82 Å². The Bertz CT molecular complexity index is 1030. The molecule has 0 aliphatic carbocycles. The van der Waals surface area contributed by atoms with Crippen molar-refractivity contribution in [3.8, 4) is 17.3 Å². The van der Waals surface area contributed by atoms with E-state index in [4.69, 9.17) is 4.74 Å². The first-order chi connectivity index (χ1) is 12.2. The number of benzene rings is 2. The van der Waals surface area contributed by atoms with Crippen LogP contribution in [0.25, 0.3) is 16.6 Å². The Morgan fingerprint density at radius 2 is 1.85 bits per heavy atom. The summed E-state index contributed by atoms with van der Waals surface area (Å²) in [6, 6.07) is 17.9. The van der Waals surface area contributed by atoms with Crippen molar-refractivity contribution in [3.63, 3.8) is 0 Å². The summed E-state index contributed by atoms with van der Waals surface area (Å²) < 4.78 is 21.1. The molecule has 0 aliphatic heterocycles. The highest BCUT2D eigenvalue weighted by atomic mass is 35.5. The zero-order valence-electron chi connectivity index (χ0n) is 14.0. The molecule has 0 saturated carbocycles. The minimum atomic E-state index is -0.250. The average Bonchev–Trinajstić information content (AvgIpc) is 3.08. The summed E-state index contributed by atoms with van der Waals surface area (Å²) in [7, 11) is 1.85. The lowest BCUT2D eigenvalue weighted by Gasteiger charge is -2.09. The van der Waals surface area contributed by atoms with Gasteiger partial charge in [-0.15, -0.1) is 12.4 Å². The maximum absolute atomic E-state index is 13.2. The molecule has 0 aliphatic rings. The van der Waals surface area contributed by atoms with Crippen LogP contribution in [-0.2, 0) is 0 Å². The Labute approximate surface area is 156 Å². The topological polar surface area (TPSA) is 39.1 Å². The van der Waals surface area contributed by atoms with Gasteiger partial charge in [0.2, 0.25) is 5.88 Å². The number of hydrogen-bond donors (Lipinski definition) is 1. The van der Waals surface area contributed by atoms with Gasteiger partial charge >= 0.3 is 0 Å². The minimum Gasteiger partial charge on any atom is -0.438 e. The van der Waals surface area contributed by atoms with Crippen LogP contribution in [0.5, 0.6) is 11.6 Å². The molecule has 1 N–H and O–H groups in total. The van der Waals surface area contributed by atoms with Crippen molar-refractivity contribution in [1.82, 2.24) is 9.55 Å². The van der Waals surface area contributed by atoms with Gasteiger partial charge in [0.15, 0.2) is 0 Å². The van der Waals surface area contributed by atoms with Gasteiger partial charge in [0, 0.05) is 42.3 Å². The Balaban J connectivity index is 0.00000196. The SMILES string of the molecule is CNc1ccnc(Oc2cccc3c2ccn3-c2ccc(F)cc2)c1.Cl. The summed E-state index contributed by atoms with van der Waals surface area (Å²) in [6.45, 7) is 0. The van der Waals surface area contributed by atoms with Crippen LogP contribution in [0.3, 0.4) is 0 Å². The lowest BCUT2D eigenvalue weighted by molar-refractivity contribution is 0.468. The number of ether oxygens (including phenoxy) is 1. The van der Waals surface area contributed by atoms with Crippen LogP contribution < -0.4 is 10.1 Å². The molecule has 2 heterocycles. The van der Waals surface area contributed by atoms with E-state index in [1.165, 1.54) is 12.1 Å². The van der Waals surface area contributed by atoms with E-state index < -0.39 is 0 Å². The molecular weight excluding hydrogens is 353 g/mol. The number of anilines is 1. The van der Waals surface area contributed by atoms with Gasteiger partial charge in [-0.05, 0) is 48.5 Å². The third kappa shape index (κ3) is 3.34. The first kappa shape index (κ1) is 17.8. The Morgan fingerprint density at radius 3 is 2.62 bits per heavy atom. The molecule has 0 unspecified atom stereocenters. The van der Waals surface area contributed by atoms with E-state index in [0.717, 1.165) is 28.0 Å². The van der Waals surface area contributed by atoms with E-state index in [9.17, 15) is 4.39 Å². The molecule has 0 amide bonds. The molecule has 6 heteroatoms. The maximum Gasteiger partial charge on any atom is 0.221 e. The van der Waals surface area contributed by atoms with Gasteiger partial charge in [-0.1, -0.05) is 6.07 Å². The zero-order chi connectivity index (χ0) is 17.2. The second-order valence-electron chi connectivity index (χ2n) is 5.59. The molecule has 0 saturated heterocycles. The summed E-state index contributed by atoms with van der Waals surface area (Å²) in [5, 5.41) is 4.03. The average molecular weight is 370 g/mol. The van der Waals surface area contributed by atoms with Crippen molar-refractivity contribution in [2.45, 2.75) is 0 Å². The summed E-state index contributed by atoms with van der Waals surface area (Å²) >= 11 is 0. The molecule has 0 bridgehead atoms. The zero-order valence-corrected chi connectivity index (χ0v) is 14.8. The monoisotopic (exact) mass is 369 g/mol. The van der Waals surface area contributed by atoms with E-state index in [1.807, 2.05) is 54.2 Å². The molecule has 4 nitrogen and oxygen atoms in total. The van der Waals surface area contributed by atoms with Gasteiger partial charge in [-0.2, -0.15) is 0 Å². The minimum absolute atomic E-state index is 0. The van der Waals surface area contributed by atoms with Crippen molar-refractivity contribution >= 4 is 29.0 Å². The van der Waals surface area contributed by atoms with Crippen LogP contribution in [0.2, 0.25) is 0 Å². The van der Waals surface area contributed by atoms with Gasteiger partial charge < -0.3 is 14.6 Å². The predicted octanol–water partition coefficient (Wildman–Crippen LogP) is 5.42. The number of fused-ring (bicyclic) bond motifs is 1. The molecule has 2 aromatic carbocycles. The number of halogens is 2. The Hall–Kier alpha value is -3.05. The molecule has 2 aromatic heterocycles. The molecule has 132 valence electrons. The Morgan fingerprint density at radius 1 is 1.04 bits per heavy atom. The molecule has 0 fully saturated rings. The highest BCUT2D eigenvalue weighted by molar-refractivity contribution is 5.88. The molecule has 26 heavy (non-hydrogen) atoms. The van der Waals surface area contributed by atoms with Crippen molar-refractivity contribution in [2.75, 3.05) is 12.4 Å². The predicted molar refractivity (Wildman–Crippen MR) is 104 cm³/mol. The van der Waals surface area contributed by atoms with Gasteiger partial charge in [0.1, 0.15) is 11.6 Å². The smallest absolute Gasteiger partial charge is 0.221 e. The summed E-state index contributed by atoms with van der Waals surface area (Å²) in [6.07, 6.45) is 3.65. The lowest BCUT2D eigenvalue weighted by Crippen LogP contribution is -1.93. The Kier molecular flexibility index (Phi) is 5.09. The van der Waals surface area contributed by atoms with E-state index in [0.29, 0.717) is 5.88 Å². The van der Waals surface area contributed by atoms with Gasteiger partial charge in [-0.25, -0.2) is 9.37 Å². The van der Waals surface area contributed by atoms with E-state index in [-0.39, 0.29) is 18.2 Å². The van der Waals surface area contributed by atoms with Crippen molar-refractivity contribution < 1.29 is 9.13 Å². The molecular formula is C20H17ClFN3O. The second-order valence-corrected chi connectivity index (χ2v) is 5.59. The van der Waals surface area contributed by atoms with Crippen LogP contribution in [-0.4, -0.2) is 16.6 Å². The lowest BCUT2D eigenvalue weighted by atomic mass is 10.2. The standard InChI is InChI=1S/C20H16FN3O.ClH/c1-22-15-9-11-23-20(13-15)25-19-4-2-3-18-17(19)10-12-24(18)16-7-5-14(21)6-8-16;/h2-13H,1H3,(H,22,23);1H. The maximum atomic E-state index is 13.2. The highest BCUT2D eigenvalue weighted by Gasteiger charge is 2.09. The van der Waals surface area contributed by atoms with Gasteiger partial charge in [0.25, 0.3) is 0 Å². The number of nitrogens with one attached hydrogen (secondary N) is 1. The van der Waals surface area contributed by atoms with Crippen molar-refractivity contribution in [3.05, 3.63) is 78.9 Å². The van der Waals surface area contributed by atoms with Gasteiger partial charge in [-0.3, -0.25) is 0 Å². The molecule has 0 radical (unpaired) electrons. The fourth-order valence-corrected chi connectivity index (χ4v) is 2.79. The number of rotatable bonds is 4. The summed E-state index contributed by atoms with van der Waals surface area (Å²) in [5.41, 5.74) is 2.80. The fourth-order valence-electron chi connectivity index (χ4n) is 2.79. The molecule has 4 rings (SSSR count). The van der Waals surface area contributed by atoms with Crippen molar-refractivity contribution in [2.24, 2.45) is 0 Å². The summed E-state index contributed by atoms with van der Waals surface area (Å²) in [5.74, 6) is 0.993. The first-order valence-corrected chi connectivity index (χ1v) is 7.92. The van der Waals surface area contributed by atoms with E-state index >= 15 is 0 Å². The first-order valence-electron chi connectivity index (χ1n) is 7.92. The summed E-state index contributed by atoms with van der Waals surface area (Å²) in [4.78, 5) is 4.25. The molecule has 0 atom stereocenters. The molecule has 4 aromatic rings. The fraction of sp³-hybridized carbons (Fsp3) is 0.0500. The molecule has 0 spiro atoms. The van der Waals surface area contributed by atoms with Crippen LogP contribution in [0.15, 0.2) is 73.1 Å². The third-order valence-corrected chi connectivity index (χ3v) is 4.04. The van der Waals surface area contributed by atoms with Crippen LogP contribution >= 0.6 is 12.4 Å². The highest BCUT2D eigenvalue weighted by Crippen LogP contribution is 2.32. The van der Waals surface area contributed by atoms with E-state index in [1.54, 1.807) is 18.3 Å². The quantitative estimate of drug-likeness (QED) is 0.522. The van der Waals surface area contributed by atoms with Gasteiger partial charge in [0.05, 0.1) is 5.52 Å². The third-order valence-electron chi connectivity index (χ3n) is 4.04. The number of pyridine rings is 1. The number of aromatic nitrogens is 2. The van der Waals surface area contributed by atoms with Crippen LogP contribution in [0.1, 0.15) is 0 Å². The number of nitrogens with zero attached hydrogens (tertiary/aromatic N) is 2. The van der Waals surface area contributed by atoms with E-state index in [2.05, 4.69) is 10.3 Å².